The molecular formula is C27H22N2O3S2. The summed E-state index contributed by atoms with van der Waals surface area (Å²) in [4.78, 5) is 31.9. The molecule has 3 aromatic carbocycles. The molecule has 0 saturated carbocycles. The molecule has 5 nitrogen and oxygen atoms in total. The molecule has 0 aliphatic carbocycles. The molecule has 7 rings (SSSR count). The monoisotopic (exact) mass is 486 g/mol. The quantitative estimate of drug-likeness (QED) is 0.325. The molecule has 34 heavy (non-hydrogen) atoms. The third-order valence-electron chi connectivity index (χ3n) is 7.98. The number of benzene rings is 3. The van der Waals surface area contributed by atoms with Gasteiger partial charge in [0, 0.05) is 45.3 Å². The second-order valence-corrected chi connectivity index (χ2v) is 11.1. The molecule has 4 atom stereocenters. The van der Waals surface area contributed by atoms with Crippen LogP contribution in [0.25, 0.3) is 0 Å². The average Bonchev–Trinajstić information content (AvgIpc) is 3.58. The number of para-hydroxylation sites is 2. The molecule has 2 spiro atoms. The van der Waals surface area contributed by atoms with Crippen molar-refractivity contribution in [3.63, 3.8) is 0 Å². The van der Waals surface area contributed by atoms with Gasteiger partial charge in [0.15, 0.2) is 5.54 Å². The van der Waals surface area contributed by atoms with E-state index >= 15 is 0 Å². The van der Waals surface area contributed by atoms with Crippen LogP contribution >= 0.6 is 23.5 Å². The van der Waals surface area contributed by atoms with E-state index in [0.717, 1.165) is 28.1 Å². The zero-order valence-electron chi connectivity index (χ0n) is 18.5. The molecule has 4 heterocycles. The maximum Gasteiger partial charge on any atom is 0.325 e. The lowest BCUT2D eigenvalue weighted by molar-refractivity contribution is -0.147. The molecule has 7 heteroatoms. The first kappa shape index (κ1) is 20.6. The Labute approximate surface area is 206 Å². The third kappa shape index (κ3) is 2.23. The average molecular weight is 487 g/mol. The minimum absolute atomic E-state index is 0.0146. The van der Waals surface area contributed by atoms with Gasteiger partial charge in [-0.25, -0.2) is 0 Å². The number of nitrogens with zero attached hydrogens (tertiary/aromatic N) is 1. The molecule has 4 aliphatic heterocycles. The molecule has 2 fully saturated rings. The molecule has 0 aromatic heterocycles. The highest BCUT2D eigenvalue weighted by molar-refractivity contribution is 7.99. The number of rotatable bonds is 2. The van der Waals surface area contributed by atoms with Crippen molar-refractivity contribution >= 4 is 41.1 Å². The van der Waals surface area contributed by atoms with Gasteiger partial charge in [-0.1, -0.05) is 48.5 Å². The Balaban J connectivity index is 1.61. The zero-order chi connectivity index (χ0) is 23.1. The summed E-state index contributed by atoms with van der Waals surface area (Å²) in [6, 6.07) is 24.0. The molecule has 2 saturated heterocycles. The van der Waals surface area contributed by atoms with Gasteiger partial charge >= 0.3 is 5.97 Å². The summed E-state index contributed by atoms with van der Waals surface area (Å²) >= 11 is 3.52. The summed E-state index contributed by atoms with van der Waals surface area (Å²) in [5, 5.41) is 3.13. The normalized spacial score (nSPS) is 31.0. The van der Waals surface area contributed by atoms with Gasteiger partial charge in [-0.3, -0.25) is 14.5 Å². The van der Waals surface area contributed by atoms with Crippen LogP contribution in [0.5, 0.6) is 5.75 Å². The Bertz CT molecular complexity index is 1360. The molecule has 0 radical (unpaired) electrons. The topological polar surface area (TPSA) is 58.6 Å². The summed E-state index contributed by atoms with van der Waals surface area (Å²) in [7, 11) is 0. The lowest BCUT2D eigenvalue weighted by Crippen LogP contribution is -2.61. The van der Waals surface area contributed by atoms with Gasteiger partial charge in [-0.05, 0) is 36.1 Å². The number of amides is 1. The van der Waals surface area contributed by atoms with Crippen molar-refractivity contribution in [3.8, 4) is 5.75 Å². The molecule has 170 valence electrons. The highest BCUT2D eigenvalue weighted by Crippen LogP contribution is 2.70. The van der Waals surface area contributed by atoms with Gasteiger partial charge in [0.1, 0.15) is 11.2 Å². The number of esters is 1. The van der Waals surface area contributed by atoms with Gasteiger partial charge in [0.25, 0.3) is 5.91 Å². The van der Waals surface area contributed by atoms with E-state index in [1.807, 2.05) is 60.3 Å². The maximum atomic E-state index is 14.3. The SMILES string of the molecule is CSc1ccc([C@@H]2[C@H]3CSCN3[C@]3(C(=O)Nc4ccccc43)[C@@]23C(=O)Oc2ccccc23)cc1. The van der Waals surface area contributed by atoms with E-state index in [-0.39, 0.29) is 23.8 Å². The molecule has 1 amide bonds. The van der Waals surface area contributed by atoms with Crippen LogP contribution in [0.2, 0.25) is 0 Å². The van der Waals surface area contributed by atoms with Crippen molar-refractivity contribution in [2.75, 3.05) is 23.2 Å². The first-order valence-electron chi connectivity index (χ1n) is 11.3. The fourth-order valence-electron chi connectivity index (χ4n) is 6.83. The van der Waals surface area contributed by atoms with Crippen LogP contribution in [-0.4, -0.2) is 40.7 Å². The molecule has 4 aliphatic rings. The minimum Gasteiger partial charge on any atom is -0.425 e. The number of ether oxygens (including phenoxy) is 1. The largest absolute Gasteiger partial charge is 0.425 e. The van der Waals surface area contributed by atoms with Crippen molar-refractivity contribution < 1.29 is 14.3 Å². The van der Waals surface area contributed by atoms with Crippen molar-refractivity contribution in [3.05, 3.63) is 89.5 Å². The molecule has 0 unspecified atom stereocenters. The molecule has 1 N–H and O–H groups in total. The number of hydrogen-bond donors (Lipinski definition) is 1. The van der Waals surface area contributed by atoms with Crippen molar-refractivity contribution in [1.82, 2.24) is 4.90 Å². The Kier molecular flexibility index (Phi) is 4.33. The summed E-state index contributed by atoms with van der Waals surface area (Å²) in [6.07, 6.45) is 2.06. The first-order chi connectivity index (χ1) is 16.6. The second kappa shape index (κ2) is 7.13. The van der Waals surface area contributed by atoms with Gasteiger partial charge < -0.3 is 10.1 Å². The Hall–Kier alpha value is -2.74. The lowest BCUT2D eigenvalue weighted by Gasteiger charge is -2.42. The van der Waals surface area contributed by atoms with Gasteiger partial charge in [-0.2, -0.15) is 0 Å². The van der Waals surface area contributed by atoms with Crippen LogP contribution in [-0.2, 0) is 20.5 Å². The van der Waals surface area contributed by atoms with E-state index in [9.17, 15) is 9.59 Å². The first-order valence-corrected chi connectivity index (χ1v) is 13.7. The Morgan fingerprint density at radius 2 is 1.74 bits per heavy atom. The zero-order valence-corrected chi connectivity index (χ0v) is 20.1. The standard InChI is InChI=1S/C27H22N2O3S2/c1-33-17-12-10-16(11-13-17)23-21-14-34-15-29(21)27(18-6-2-4-8-20(18)28-24(27)30)26(23)19-7-3-5-9-22(19)32-25(26)31/h2-13,21,23H,14-15H2,1H3,(H,28,30)/t21-,23-,26-,27-/m1/s1. The van der Waals surface area contributed by atoms with E-state index in [4.69, 9.17) is 4.74 Å². The van der Waals surface area contributed by atoms with Gasteiger partial charge in [-0.15, -0.1) is 23.5 Å². The number of thioether (sulfide) groups is 2. The van der Waals surface area contributed by atoms with Crippen LogP contribution in [0.1, 0.15) is 22.6 Å². The number of fused-ring (bicyclic) bond motifs is 7. The number of carbonyl (C=O) groups excluding carboxylic acids is 2. The lowest BCUT2D eigenvalue weighted by atomic mass is 9.57. The van der Waals surface area contributed by atoms with Crippen LogP contribution in [0.3, 0.4) is 0 Å². The van der Waals surface area contributed by atoms with E-state index in [1.165, 1.54) is 4.90 Å². The third-order valence-corrected chi connectivity index (χ3v) is 9.76. The number of carbonyl (C=O) groups is 2. The summed E-state index contributed by atoms with van der Waals surface area (Å²) in [6.45, 7) is 0. The summed E-state index contributed by atoms with van der Waals surface area (Å²) in [5.41, 5.74) is 1.16. The van der Waals surface area contributed by atoms with E-state index in [0.29, 0.717) is 11.6 Å². The van der Waals surface area contributed by atoms with Crippen LogP contribution in [0.15, 0.2) is 77.7 Å². The van der Waals surface area contributed by atoms with E-state index in [1.54, 1.807) is 11.8 Å². The maximum absolute atomic E-state index is 14.3. The number of nitrogens with one attached hydrogen (secondary N) is 1. The predicted molar refractivity (Wildman–Crippen MR) is 134 cm³/mol. The van der Waals surface area contributed by atoms with Crippen LogP contribution in [0.4, 0.5) is 5.69 Å². The highest BCUT2D eigenvalue weighted by Gasteiger charge is 2.81. The van der Waals surface area contributed by atoms with Gasteiger partial charge in [0.2, 0.25) is 0 Å². The molecular weight excluding hydrogens is 464 g/mol. The Morgan fingerprint density at radius 1 is 1.00 bits per heavy atom. The fraction of sp³-hybridized carbons (Fsp3) is 0.259. The van der Waals surface area contributed by atoms with Crippen molar-refractivity contribution in [2.24, 2.45) is 0 Å². The number of anilines is 1. The second-order valence-electron chi connectivity index (χ2n) is 9.19. The molecule has 3 aromatic rings. The van der Waals surface area contributed by atoms with Crippen LogP contribution < -0.4 is 10.1 Å². The minimum atomic E-state index is -1.19. The van der Waals surface area contributed by atoms with E-state index < -0.39 is 11.0 Å². The molecule has 0 bridgehead atoms. The van der Waals surface area contributed by atoms with E-state index in [2.05, 4.69) is 40.7 Å². The van der Waals surface area contributed by atoms with Crippen LogP contribution in [0, 0.1) is 0 Å². The van der Waals surface area contributed by atoms with Crippen molar-refractivity contribution in [2.45, 2.75) is 27.8 Å². The fourth-order valence-corrected chi connectivity index (χ4v) is 8.54. The predicted octanol–water partition coefficient (Wildman–Crippen LogP) is 4.59. The number of hydrogen-bond acceptors (Lipinski definition) is 6. The highest BCUT2D eigenvalue weighted by atomic mass is 32.2. The van der Waals surface area contributed by atoms with Gasteiger partial charge in [0.05, 0.1) is 0 Å². The Morgan fingerprint density at radius 3 is 2.53 bits per heavy atom. The van der Waals surface area contributed by atoms with Crippen molar-refractivity contribution in [1.29, 1.82) is 0 Å². The smallest absolute Gasteiger partial charge is 0.325 e. The summed E-state index contributed by atoms with van der Waals surface area (Å²) < 4.78 is 6.00. The summed E-state index contributed by atoms with van der Waals surface area (Å²) in [5.74, 6) is 1.39.